The average Bonchev–Trinajstić information content (AvgIpc) is 3.62. The number of amides is 2. The van der Waals surface area contributed by atoms with E-state index in [1.165, 1.54) is 15.8 Å². The van der Waals surface area contributed by atoms with Crippen LogP contribution < -0.4 is 10.1 Å². The minimum atomic E-state index is -0.661. The van der Waals surface area contributed by atoms with E-state index in [4.69, 9.17) is 4.74 Å². The summed E-state index contributed by atoms with van der Waals surface area (Å²) in [6.45, 7) is 3.88. The first-order valence-electron chi connectivity index (χ1n) is 12.8. The zero-order valence-electron chi connectivity index (χ0n) is 20.9. The second-order valence-electron chi connectivity index (χ2n) is 10.3. The molecule has 192 valence electrons. The molecule has 3 aromatic rings. The predicted molar refractivity (Wildman–Crippen MR) is 141 cm³/mol. The summed E-state index contributed by atoms with van der Waals surface area (Å²) in [6.07, 6.45) is 3.33. The molecule has 2 aromatic carbocycles. The molecule has 1 spiro atoms. The van der Waals surface area contributed by atoms with Crippen LogP contribution in [0, 0.1) is 0 Å². The van der Waals surface area contributed by atoms with Crippen molar-refractivity contribution in [2.75, 3.05) is 26.7 Å². The number of benzene rings is 2. The number of likely N-dealkylation sites (tertiary alicyclic amines) is 1. The van der Waals surface area contributed by atoms with Gasteiger partial charge >= 0.3 is 0 Å². The van der Waals surface area contributed by atoms with Gasteiger partial charge in [0.05, 0.1) is 22.3 Å². The summed E-state index contributed by atoms with van der Waals surface area (Å²) in [5.41, 5.74) is 6.99. The van der Waals surface area contributed by atoms with Crippen molar-refractivity contribution in [1.29, 1.82) is 0 Å². The second kappa shape index (κ2) is 9.54. The Labute approximate surface area is 219 Å². The van der Waals surface area contributed by atoms with Crippen molar-refractivity contribution in [2.45, 2.75) is 50.2 Å². The highest BCUT2D eigenvalue weighted by molar-refractivity contribution is 7.16. The van der Waals surface area contributed by atoms with Crippen LogP contribution in [-0.2, 0) is 28.1 Å². The van der Waals surface area contributed by atoms with Gasteiger partial charge in [-0.25, -0.2) is 4.98 Å². The molecule has 0 saturated carbocycles. The van der Waals surface area contributed by atoms with Crippen LogP contribution in [0.5, 0.6) is 5.75 Å². The van der Waals surface area contributed by atoms with Crippen LogP contribution in [0.1, 0.15) is 52.7 Å². The number of fused-ring (bicyclic) bond motifs is 4. The van der Waals surface area contributed by atoms with Gasteiger partial charge in [0.1, 0.15) is 18.1 Å². The number of hydrogen-bond acceptors (Lipinski definition) is 7. The van der Waals surface area contributed by atoms with Gasteiger partial charge in [-0.2, -0.15) is 0 Å². The largest absolute Gasteiger partial charge is 0.492 e. The smallest absolute Gasteiger partial charge is 0.255 e. The molecule has 9 heteroatoms. The Kier molecular flexibility index (Phi) is 6.20. The first-order valence-corrected chi connectivity index (χ1v) is 13.7. The summed E-state index contributed by atoms with van der Waals surface area (Å²) in [5.74, 6) is 0.375. The highest BCUT2D eigenvalue weighted by Gasteiger charge is 2.45. The van der Waals surface area contributed by atoms with Gasteiger partial charge in [-0.05, 0) is 61.7 Å². The molecule has 0 bridgehead atoms. The van der Waals surface area contributed by atoms with Crippen molar-refractivity contribution < 1.29 is 19.1 Å². The van der Waals surface area contributed by atoms with E-state index in [1.807, 2.05) is 11.6 Å². The summed E-state index contributed by atoms with van der Waals surface area (Å²) >= 11 is 1.70. The van der Waals surface area contributed by atoms with Gasteiger partial charge in [-0.3, -0.25) is 14.5 Å². The summed E-state index contributed by atoms with van der Waals surface area (Å²) in [4.78, 5) is 45.3. The summed E-state index contributed by atoms with van der Waals surface area (Å²) in [7, 11) is 1.56. The molecule has 1 aromatic heterocycles. The van der Waals surface area contributed by atoms with Crippen LogP contribution in [0.4, 0.5) is 0 Å². The fourth-order valence-corrected chi connectivity index (χ4v) is 6.93. The first-order chi connectivity index (χ1) is 18.0. The molecule has 8 nitrogen and oxygen atoms in total. The molecule has 1 fully saturated rings. The van der Waals surface area contributed by atoms with Crippen LogP contribution >= 0.6 is 11.3 Å². The maximum atomic E-state index is 13.3. The van der Waals surface area contributed by atoms with Crippen molar-refractivity contribution in [3.05, 3.63) is 58.1 Å². The van der Waals surface area contributed by atoms with E-state index in [0.29, 0.717) is 25.1 Å². The number of nitrogens with one attached hydrogen (secondary N) is 1. The molecule has 0 radical (unpaired) electrons. The Morgan fingerprint density at radius 3 is 2.92 bits per heavy atom. The number of carbonyl (C=O) groups is 3. The minimum Gasteiger partial charge on any atom is -0.492 e. The number of aldehydes is 1. The lowest BCUT2D eigenvalue weighted by Crippen LogP contribution is -2.46. The van der Waals surface area contributed by atoms with E-state index < -0.39 is 6.04 Å². The number of rotatable bonds is 7. The number of ether oxygens (including phenoxy) is 1. The molecule has 1 saturated heterocycles. The van der Waals surface area contributed by atoms with Crippen LogP contribution in [0.25, 0.3) is 10.2 Å². The average molecular weight is 519 g/mol. The zero-order valence-corrected chi connectivity index (χ0v) is 21.7. The Morgan fingerprint density at radius 1 is 1.30 bits per heavy atom. The molecule has 3 aliphatic heterocycles. The number of thiazole rings is 1. The molecule has 2 amide bonds. The van der Waals surface area contributed by atoms with Crippen molar-refractivity contribution >= 4 is 39.7 Å². The lowest BCUT2D eigenvalue weighted by molar-refractivity contribution is -0.125. The molecule has 4 heterocycles. The Bertz CT molecular complexity index is 1380. The highest BCUT2D eigenvalue weighted by atomic mass is 32.1. The number of aromatic nitrogens is 1. The van der Waals surface area contributed by atoms with Crippen LogP contribution in [0.15, 0.2) is 35.8 Å². The van der Waals surface area contributed by atoms with E-state index in [9.17, 15) is 14.4 Å². The molecule has 6 rings (SSSR count). The minimum absolute atomic E-state index is 0.0501. The third kappa shape index (κ3) is 4.10. The standard InChI is InChI=1S/C28H30N4O4S/c1-29-26(34)23(6-3-11-33)32-15-19-12-21-24(13-20(19)27(32)35)36-16-28(21)7-9-31(10-8-28)14-18-4-2-5-22-25(18)37-17-30-22/h2,4-5,11-13,17,23H,3,6-10,14-16H2,1H3,(H,29,34). The van der Waals surface area contributed by atoms with Crippen LogP contribution in [-0.4, -0.2) is 65.7 Å². The number of likely N-dealkylation sites (N-methyl/N-ethyl adjacent to an activating group) is 1. The molecule has 1 atom stereocenters. The zero-order chi connectivity index (χ0) is 25.6. The molecule has 0 aliphatic carbocycles. The van der Waals surface area contributed by atoms with E-state index in [0.717, 1.165) is 55.6 Å². The van der Waals surface area contributed by atoms with Gasteiger partial charge in [0.25, 0.3) is 5.91 Å². The van der Waals surface area contributed by atoms with Gasteiger partial charge in [-0.15, -0.1) is 11.3 Å². The van der Waals surface area contributed by atoms with Gasteiger partial charge in [0.2, 0.25) is 5.91 Å². The van der Waals surface area contributed by atoms with E-state index in [1.54, 1.807) is 23.3 Å². The quantitative estimate of drug-likeness (QED) is 0.483. The third-order valence-corrected chi connectivity index (χ3v) is 9.16. The van der Waals surface area contributed by atoms with Gasteiger partial charge < -0.3 is 19.7 Å². The van der Waals surface area contributed by atoms with Crippen molar-refractivity contribution in [3.63, 3.8) is 0 Å². The lowest BCUT2D eigenvalue weighted by atomic mass is 9.74. The Morgan fingerprint density at radius 2 is 2.14 bits per heavy atom. The van der Waals surface area contributed by atoms with E-state index in [-0.39, 0.29) is 23.7 Å². The van der Waals surface area contributed by atoms with E-state index >= 15 is 0 Å². The van der Waals surface area contributed by atoms with Crippen molar-refractivity contribution in [2.24, 2.45) is 0 Å². The topological polar surface area (TPSA) is 91.8 Å². The maximum absolute atomic E-state index is 13.3. The van der Waals surface area contributed by atoms with Crippen molar-refractivity contribution in [3.8, 4) is 5.75 Å². The predicted octanol–water partition coefficient (Wildman–Crippen LogP) is 3.27. The normalized spacial score (nSPS) is 19.1. The molecular formula is C28H30N4O4S. The number of nitrogens with zero attached hydrogens (tertiary/aromatic N) is 3. The molecule has 37 heavy (non-hydrogen) atoms. The van der Waals surface area contributed by atoms with E-state index in [2.05, 4.69) is 39.5 Å². The van der Waals surface area contributed by atoms with Gasteiger partial charge in [-0.1, -0.05) is 12.1 Å². The highest BCUT2D eigenvalue weighted by Crippen LogP contribution is 2.48. The molecule has 3 aliphatic rings. The molecule has 1 unspecified atom stereocenters. The summed E-state index contributed by atoms with van der Waals surface area (Å²) in [6, 6.07) is 9.71. The van der Waals surface area contributed by atoms with Gasteiger partial charge in [0.15, 0.2) is 0 Å². The SMILES string of the molecule is CNC(=O)C(CCC=O)N1Cc2cc3c(cc2C1=O)OCC31CCN(Cc2cccc3ncsc23)CC1. The monoisotopic (exact) mass is 518 g/mol. The molecular weight excluding hydrogens is 488 g/mol. The van der Waals surface area contributed by atoms with Crippen LogP contribution in [0.3, 0.4) is 0 Å². The number of hydrogen-bond donors (Lipinski definition) is 1. The maximum Gasteiger partial charge on any atom is 0.255 e. The molecule has 1 N–H and O–H groups in total. The summed E-state index contributed by atoms with van der Waals surface area (Å²) < 4.78 is 7.44. The van der Waals surface area contributed by atoms with Crippen molar-refractivity contribution in [1.82, 2.24) is 20.1 Å². The fraction of sp³-hybridized carbons (Fsp3) is 0.429. The summed E-state index contributed by atoms with van der Waals surface area (Å²) in [5, 5.41) is 2.64. The Hall–Kier alpha value is -3.30. The van der Waals surface area contributed by atoms with Crippen LogP contribution in [0.2, 0.25) is 0 Å². The van der Waals surface area contributed by atoms with Gasteiger partial charge in [0, 0.05) is 43.1 Å². The second-order valence-corrected chi connectivity index (χ2v) is 11.1. The fourth-order valence-electron chi connectivity index (χ4n) is 6.13. The lowest BCUT2D eigenvalue weighted by Gasteiger charge is -2.38. The third-order valence-electron chi connectivity index (χ3n) is 8.24. The first kappa shape index (κ1) is 24.1. The number of carbonyl (C=O) groups excluding carboxylic acids is 3. The number of piperidine rings is 1. The Balaban J connectivity index is 1.19.